The van der Waals surface area contributed by atoms with Gasteiger partial charge in [-0.15, -0.1) is 0 Å². The molecule has 0 aromatic rings. The third-order valence-electron chi connectivity index (χ3n) is 2.54. The summed E-state index contributed by atoms with van der Waals surface area (Å²) in [5.41, 5.74) is 0. The van der Waals surface area contributed by atoms with Gasteiger partial charge in [0, 0.05) is 6.04 Å². The number of unbranched alkanes of at least 4 members (excludes halogenated alkanes) is 1. The van der Waals surface area contributed by atoms with Gasteiger partial charge in [0.2, 0.25) is 0 Å². The normalized spacial score (nSPS) is 35.8. The predicted molar refractivity (Wildman–Crippen MR) is 47.9 cm³/mol. The highest BCUT2D eigenvalue weighted by atomic mass is 16.3. The summed E-state index contributed by atoms with van der Waals surface area (Å²) in [5.74, 6) is 0. The second kappa shape index (κ2) is 4.80. The molecule has 1 aliphatic rings. The number of hydrogen-bond acceptors (Lipinski definition) is 3. The zero-order chi connectivity index (χ0) is 8.97. The highest BCUT2D eigenvalue weighted by molar-refractivity contribution is 4.89. The van der Waals surface area contributed by atoms with E-state index in [2.05, 4.69) is 12.2 Å². The maximum absolute atomic E-state index is 9.44. The Morgan fingerprint density at radius 1 is 1.50 bits per heavy atom. The summed E-state index contributed by atoms with van der Waals surface area (Å²) < 4.78 is 0. The van der Waals surface area contributed by atoms with Crippen molar-refractivity contribution in [3.63, 3.8) is 0 Å². The molecule has 0 aliphatic carbocycles. The average molecular weight is 173 g/mol. The van der Waals surface area contributed by atoms with Crippen LogP contribution in [0.3, 0.4) is 0 Å². The van der Waals surface area contributed by atoms with Crippen LogP contribution < -0.4 is 5.32 Å². The van der Waals surface area contributed by atoms with Gasteiger partial charge in [-0.2, -0.15) is 0 Å². The SMILES string of the molecule is CCCC[C@H]1C[C@@H](O)[C@H](CO)N1. The van der Waals surface area contributed by atoms with Gasteiger partial charge in [0.05, 0.1) is 18.8 Å². The second-order valence-electron chi connectivity index (χ2n) is 3.60. The largest absolute Gasteiger partial charge is 0.395 e. The highest BCUT2D eigenvalue weighted by Gasteiger charge is 2.30. The van der Waals surface area contributed by atoms with Crippen LogP contribution >= 0.6 is 0 Å². The first kappa shape index (κ1) is 9.96. The van der Waals surface area contributed by atoms with E-state index in [0.717, 1.165) is 12.8 Å². The van der Waals surface area contributed by atoms with Gasteiger partial charge >= 0.3 is 0 Å². The lowest BCUT2D eigenvalue weighted by Crippen LogP contribution is -2.36. The predicted octanol–water partition coefficient (Wildman–Crippen LogP) is 0.260. The second-order valence-corrected chi connectivity index (χ2v) is 3.60. The van der Waals surface area contributed by atoms with E-state index in [1.54, 1.807) is 0 Å². The molecular formula is C9H19NO2. The molecule has 0 amide bonds. The van der Waals surface area contributed by atoms with E-state index in [-0.39, 0.29) is 18.8 Å². The third kappa shape index (κ3) is 2.44. The fourth-order valence-electron chi connectivity index (χ4n) is 1.76. The molecule has 3 N–H and O–H groups in total. The van der Waals surface area contributed by atoms with Crippen molar-refractivity contribution in [1.29, 1.82) is 0 Å². The Bertz CT molecular complexity index is 130. The zero-order valence-electron chi connectivity index (χ0n) is 7.66. The molecule has 0 aromatic heterocycles. The molecule has 12 heavy (non-hydrogen) atoms. The average Bonchev–Trinajstić information content (AvgIpc) is 2.43. The van der Waals surface area contributed by atoms with Crippen LogP contribution in [0.2, 0.25) is 0 Å². The van der Waals surface area contributed by atoms with Crippen molar-refractivity contribution >= 4 is 0 Å². The quantitative estimate of drug-likeness (QED) is 0.571. The van der Waals surface area contributed by atoms with Crippen molar-refractivity contribution in [3.8, 4) is 0 Å². The van der Waals surface area contributed by atoms with Crippen molar-refractivity contribution in [1.82, 2.24) is 5.32 Å². The van der Waals surface area contributed by atoms with Crippen LogP contribution in [0.25, 0.3) is 0 Å². The number of nitrogens with one attached hydrogen (secondary N) is 1. The maximum Gasteiger partial charge on any atom is 0.0730 e. The molecule has 1 heterocycles. The minimum atomic E-state index is -0.350. The molecule has 0 bridgehead atoms. The molecule has 0 unspecified atom stereocenters. The molecule has 0 spiro atoms. The Hall–Kier alpha value is -0.120. The van der Waals surface area contributed by atoms with Crippen molar-refractivity contribution in [2.24, 2.45) is 0 Å². The lowest BCUT2D eigenvalue weighted by Gasteiger charge is -2.11. The molecule has 3 atom stereocenters. The van der Waals surface area contributed by atoms with Gasteiger partial charge in [-0.05, 0) is 12.8 Å². The van der Waals surface area contributed by atoms with Crippen LogP contribution in [0.1, 0.15) is 32.6 Å². The minimum absolute atomic E-state index is 0.0454. The van der Waals surface area contributed by atoms with E-state index in [0.29, 0.717) is 6.04 Å². The summed E-state index contributed by atoms with van der Waals surface area (Å²) in [4.78, 5) is 0. The molecule has 0 radical (unpaired) electrons. The first-order chi connectivity index (χ1) is 5.77. The van der Waals surface area contributed by atoms with Crippen LogP contribution in [-0.2, 0) is 0 Å². The number of aliphatic hydroxyl groups excluding tert-OH is 2. The molecule has 0 aromatic carbocycles. The van der Waals surface area contributed by atoms with E-state index >= 15 is 0 Å². The van der Waals surface area contributed by atoms with E-state index < -0.39 is 0 Å². The molecular weight excluding hydrogens is 154 g/mol. The molecule has 1 fully saturated rings. The smallest absolute Gasteiger partial charge is 0.0730 e. The molecule has 1 aliphatic heterocycles. The lowest BCUT2D eigenvalue weighted by atomic mass is 10.1. The highest BCUT2D eigenvalue weighted by Crippen LogP contribution is 2.17. The first-order valence-electron chi connectivity index (χ1n) is 4.83. The summed E-state index contributed by atoms with van der Waals surface area (Å²) in [6.45, 7) is 2.21. The van der Waals surface area contributed by atoms with Gasteiger partial charge in [-0.3, -0.25) is 0 Å². The van der Waals surface area contributed by atoms with Gasteiger partial charge in [0.1, 0.15) is 0 Å². The third-order valence-corrected chi connectivity index (χ3v) is 2.54. The summed E-state index contributed by atoms with van der Waals surface area (Å²) in [7, 11) is 0. The molecule has 1 rings (SSSR count). The Labute approximate surface area is 73.8 Å². The van der Waals surface area contributed by atoms with Crippen LogP contribution in [0.15, 0.2) is 0 Å². The summed E-state index contributed by atoms with van der Waals surface area (Å²) in [6.07, 6.45) is 3.95. The van der Waals surface area contributed by atoms with Gasteiger partial charge in [0.15, 0.2) is 0 Å². The fourth-order valence-corrected chi connectivity index (χ4v) is 1.76. The standard InChI is InChI=1S/C9H19NO2/c1-2-3-4-7-5-9(12)8(6-11)10-7/h7-12H,2-6H2,1H3/t7-,8-,9+/m0/s1. The van der Waals surface area contributed by atoms with Crippen LogP contribution in [0, 0.1) is 0 Å². The molecule has 3 nitrogen and oxygen atoms in total. The maximum atomic E-state index is 9.44. The van der Waals surface area contributed by atoms with E-state index in [1.807, 2.05) is 0 Å². The fraction of sp³-hybridized carbons (Fsp3) is 1.00. The van der Waals surface area contributed by atoms with Crippen molar-refractivity contribution < 1.29 is 10.2 Å². The van der Waals surface area contributed by atoms with E-state index in [4.69, 9.17) is 5.11 Å². The summed E-state index contributed by atoms with van der Waals surface area (Å²) in [5, 5.41) is 21.5. The molecule has 1 saturated heterocycles. The first-order valence-corrected chi connectivity index (χ1v) is 4.83. The minimum Gasteiger partial charge on any atom is -0.395 e. The summed E-state index contributed by atoms with van der Waals surface area (Å²) >= 11 is 0. The Balaban J connectivity index is 2.23. The van der Waals surface area contributed by atoms with E-state index in [1.165, 1.54) is 12.8 Å². The summed E-state index contributed by atoms with van der Waals surface area (Å²) in [6, 6.07) is 0.323. The molecule has 0 saturated carbocycles. The van der Waals surface area contributed by atoms with Crippen LogP contribution in [0.4, 0.5) is 0 Å². The van der Waals surface area contributed by atoms with Gasteiger partial charge in [-0.25, -0.2) is 0 Å². The lowest BCUT2D eigenvalue weighted by molar-refractivity contribution is 0.121. The number of rotatable bonds is 4. The topological polar surface area (TPSA) is 52.5 Å². The number of aliphatic hydroxyl groups is 2. The van der Waals surface area contributed by atoms with Crippen molar-refractivity contribution in [3.05, 3.63) is 0 Å². The zero-order valence-corrected chi connectivity index (χ0v) is 7.66. The van der Waals surface area contributed by atoms with Gasteiger partial charge in [-0.1, -0.05) is 19.8 Å². The van der Waals surface area contributed by atoms with Crippen LogP contribution in [-0.4, -0.2) is 35.0 Å². The van der Waals surface area contributed by atoms with Gasteiger partial charge in [0.25, 0.3) is 0 Å². The van der Waals surface area contributed by atoms with Crippen molar-refractivity contribution in [2.75, 3.05) is 6.61 Å². The van der Waals surface area contributed by atoms with Crippen molar-refractivity contribution in [2.45, 2.75) is 50.8 Å². The van der Waals surface area contributed by atoms with E-state index in [9.17, 15) is 5.11 Å². The van der Waals surface area contributed by atoms with Gasteiger partial charge < -0.3 is 15.5 Å². The molecule has 72 valence electrons. The Morgan fingerprint density at radius 2 is 2.25 bits per heavy atom. The number of hydrogen-bond donors (Lipinski definition) is 3. The molecule has 3 heteroatoms. The van der Waals surface area contributed by atoms with Crippen LogP contribution in [0.5, 0.6) is 0 Å². The Kier molecular flexibility index (Phi) is 3.98. The Morgan fingerprint density at radius 3 is 2.75 bits per heavy atom. The monoisotopic (exact) mass is 173 g/mol.